The Morgan fingerprint density at radius 3 is 2.77 bits per heavy atom. The Labute approximate surface area is 131 Å². The number of nitrogens with one attached hydrogen (secondary N) is 1. The van der Waals surface area contributed by atoms with E-state index in [2.05, 4.69) is 10.4 Å². The number of hydrogen-bond donors (Lipinski definition) is 1. The van der Waals surface area contributed by atoms with Crippen molar-refractivity contribution in [3.8, 4) is 5.75 Å². The Bertz CT molecular complexity index is 649. The Morgan fingerprint density at radius 1 is 1.36 bits per heavy atom. The Balaban J connectivity index is 1.88. The Morgan fingerprint density at radius 2 is 2.14 bits per heavy atom. The first kappa shape index (κ1) is 16.1. The van der Waals surface area contributed by atoms with Crippen LogP contribution in [0, 0.1) is 13.8 Å². The van der Waals surface area contributed by atoms with Gasteiger partial charge in [0.05, 0.1) is 18.8 Å². The third-order valence-corrected chi connectivity index (χ3v) is 3.57. The van der Waals surface area contributed by atoms with E-state index in [0.717, 1.165) is 22.7 Å². The van der Waals surface area contributed by atoms with Crippen molar-refractivity contribution >= 4 is 5.91 Å². The predicted molar refractivity (Wildman–Crippen MR) is 85.9 cm³/mol. The molecule has 2 aromatic rings. The molecule has 0 fully saturated rings. The summed E-state index contributed by atoms with van der Waals surface area (Å²) in [7, 11) is 1.63. The van der Waals surface area contributed by atoms with E-state index in [-0.39, 0.29) is 11.9 Å². The molecule has 22 heavy (non-hydrogen) atoms. The fourth-order valence-electron chi connectivity index (χ4n) is 2.50. The van der Waals surface area contributed by atoms with Gasteiger partial charge in [0.25, 0.3) is 0 Å². The molecule has 0 saturated carbocycles. The quantitative estimate of drug-likeness (QED) is 0.892. The average molecular weight is 301 g/mol. The van der Waals surface area contributed by atoms with Crippen LogP contribution in [0.3, 0.4) is 0 Å². The van der Waals surface area contributed by atoms with E-state index in [9.17, 15) is 4.79 Å². The van der Waals surface area contributed by atoms with Crippen LogP contribution in [0.25, 0.3) is 0 Å². The van der Waals surface area contributed by atoms with E-state index in [1.807, 2.05) is 55.8 Å². The Kier molecular flexibility index (Phi) is 5.20. The van der Waals surface area contributed by atoms with Crippen molar-refractivity contribution < 1.29 is 9.53 Å². The number of nitrogens with zero attached hydrogens (tertiary/aromatic N) is 2. The minimum atomic E-state index is 0.0165. The highest BCUT2D eigenvalue weighted by molar-refractivity contribution is 5.76. The number of methoxy groups -OCH3 is 1. The van der Waals surface area contributed by atoms with Gasteiger partial charge in [0, 0.05) is 18.7 Å². The van der Waals surface area contributed by atoms with E-state index >= 15 is 0 Å². The summed E-state index contributed by atoms with van der Waals surface area (Å²) in [5.41, 5.74) is 3.07. The summed E-state index contributed by atoms with van der Waals surface area (Å²) in [6, 6.07) is 9.75. The molecule has 0 radical (unpaired) electrons. The molecule has 5 nitrogen and oxygen atoms in total. The standard InChI is InChI=1S/C17H23N3O2/c1-12-8-13(2)20(19-12)14(3)9-17(21)18-11-15-6-5-7-16(10-15)22-4/h5-8,10,14H,9,11H2,1-4H3,(H,18,21)/t14-/m1/s1. The molecule has 0 aliphatic carbocycles. The molecule has 1 atom stereocenters. The number of carbonyl (C=O) groups excluding carboxylic acids is 1. The van der Waals surface area contributed by atoms with Gasteiger partial charge in [0.15, 0.2) is 0 Å². The first-order chi connectivity index (χ1) is 10.5. The molecule has 118 valence electrons. The van der Waals surface area contributed by atoms with E-state index in [4.69, 9.17) is 4.74 Å². The van der Waals surface area contributed by atoms with Crippen molar-refractivity contribution in [3.05, 3.63) is 47.3 Å². The number of carbonyl (C=O) groups is 1. The number of aromatic nitrogens is 2. The number of benzene rings is 1. The second kappa shape index (κ2) is 7.11. The van der Waals surface area contributed by atoms with Crippen molar-refractivity contribution in [1.29, 1.82) is 0 Å². The average Bonchev–Trinajstić information content (AvgIpc) is 2.84. The van der Waals surface area contributed by atoms with Gasteiger partial charge in [-0.05, 0) is 44.5 Å². The highest BCUT2D eigenvalue weighted by atomic mass is 16.5. The molecule has 1 aromatic carbocycles. The van der Waals surface area contributed by atoms with Crippen LogP contribution in [-0.4, -0.2) is 22.8 Å². The van der Waals surface area contributed by atoms with E-state index < -0.39 is 0 Å². The largest absolute Gasteiger partial charge is 0.497 e. The normalized spacial score (nSPS) is 12.0. The molecule has 1 aromatic heterocycles. The maximum Gasteiger partial charge on any atom is 0.222 e. The molecule has 5 heteroatoms. The van der Waals surface area contributed by atoms with Gasteiger partial charge in [-0.3, -0.25) is 9.48 Å². The fraction of sp³-hybridized carbons (Fsp3) is 0.412. The molecule has 0 aliphatic heterocycles. The summed E-state index contributed by atoms with van der Waals surface area (Å²) >= 11 is 0. The molecule has 0 bridgehead atoms. The second-order valence-corrected chi connectivity index (χ2v) is 5.55. The molecule has 0 saturated heterocycles. The molecular formula is C17H23N3O2. The summed E-state index contributed by atoms with van der Waals surface area (Å²) in [4.78, 5) is 12.1. The van der Waals surface area contributed by atoms with Crippen LogP contribution in [0.15, 0.2) is 30.3 Å². The van der Waals surface area contributed by atoms with E-state index in [1.165, 1.54) is 0 Å². The van der Waals surface area contributed by atoms with Gasteiger partial charge < -0.3 is 10.1 Å². The molecule has 1 N–H and O–H groups in total. The lowest BCUT2D eigenvalue weighted by Crippen LogP contribution is -2.26. The highest BCUT2D eigenvalue weighted by Gasteiger charge is 2.13. The summed E-state index contributed by atoms with van der Waals surface area (Å²) in [5, 5.41) is 7.37. The van der Waals surface area contributed by atoms with Gasteiger partial charge in [-0.15, -0.1) is 0 Å². The van der Waals surface area contributed by atoms with Crippen molar-refractivity contribution in [1.82, 2.24) is 15.1 Å². The van der Waals surface area contributed by atoms with Gasteiger partial charge in [0.1, 0.15) is 5.75 Å². The van der Waals surface area contributed by atoms with E-state index in [0.29, 0.717) is 13.0 Å². The number of hydrogen-bond acceptors (Lipinski definition) is 3. The van der Waals surface area contributed by atoms with Crippen molar-refractivity contribution in [3.63, 3.8) is 0 Å². The van der Waals surface area contributed by atoms with Crippen LogP contribution in [0.4, 0.5) is 0 Å². The van der Waals surface area contributed by atoms with Crippen LogP contribution in [0.1, 0.15) is 36.3 Å². The SMILES string of the molecule is COc1cccc(CNC(=O)C[C@@H](C)n2nc(C)cc2C)c1. The van der Waals surface area contributed by atoms with Crippen molar-refractivity contribution in [2.75, 3.05) is 7.11 Å². The minimum Gasteiger partial charge on any atom is -0.497 e. The summed E-state index contributed by atoms with van der Waals surface area (Å²) in [6.07, 6.45) is 0.409. The monoisotopic (exact) mass is 301 g/mol. The van der Waals surface area contributed by atoms with Crippen LogP contribution < -0.4 is 10.1 Å². The Hall–Kier alpha value is -2.30. The first-order valence-electron chi connectivity index (χ1n) is 7.42. The minimum absolute atomic E-state index is 0.0165. The fourth-order valence-corrected chi connectivity index (χ4v) is 2.50. The zero-order valence-electron chi connectivity index (χ0n) is 13.6. The molecule has 0 aliphatic rings. The lowest BCUT2D eigenvalue weighted by atomic mass is 10.2. The first-order valence-corrected chi connectivity index (χ1v) is 7.42. The lowest BCUT2D eigenvalue weighted by Gasteiger charge is -2.14. The smallest absolute Gasteiger partial charge is 0.222 e. The molecule has 1 heterocycles. The van der Waals surface area contributed by atoms with Crippen LogP contribution in [0.5, 0.6) is 5.75 Å². The van der Waals surface area contributed by atoms with E-state index in [1.54, 1.807) is 7.11 Å². The molecule has 0 unspecified atom stereocenters. The highest BCUT2D eigenvalue weighted by Crippen LogP contribution is 2.15. The number of amides is 1. The number of rotatable bonds is 6. The summed E-state index contributed by atoms with van der Waals surface area (Å²) in [6.45, 7) is 6.47. The van der Waals surface area contributed by atoms with Gasteiger partial charge in [-0.1, -0.05) is 12.1 Å². The zero-order chi connectivity index (χ0) is 16.1. The van der Waals surface area contributed by atoms with Gasteiger partial charge in [-0.25, -0.2) is 0 Å². The second-order valence-electron chi connectivity index (χ2n) is 5.55. The van der Waals surface area contributed by atoms with Crippen molar-refractivity contribution in [2.45, 2.75) is 39.8 Å². The third kappa shape index (κ3) is 4.10. The van der Waals surface area contributed by atoms with Crippen molar-refractivity contribution in [2.24, 2.45) is 0 Å². The summed E-state index contributed by atoms with van der Waals surface area (Å²) < 4.78 is 7.08. The maximum absolute atomic E-state index is 12.1. The maximum atomic E-state index is 12.1. The number of ether oxygens (including phenoxy) is 1. The zero-order valence-corrected chi connectivity index (χ0v) is 13.6. The number of aryl methyl sites for hydroxylation is 2. The lowest BCUT2D eigenvalue weighted by molar-refractivity contribution is -0.122. The topological polar surface area (TPSA) is 56.1 Å². The molecule has 1 amide bonds. The molecule has 0 spiro atoms. The van der Waals surface area contributed by atoms with Crippen LogP contribution in [-0.2, 0) is 11.3 Å². The van der Waals surface area contributed by atoms with Gasteiger partial charge >= 0.3 is 0 Å². The van der Waals surface area contributed by atoms with Gasteiger partial charge in [-0.2, -0.15) is 5.10 Å². The van der Waals surface area contributed by atoms with Crippen LogP contribution in [0.2, 0.25) is 0 Å². The third-order valence-electron chi connectivity index (χ3n) is 3.57. The molecular weight excluding hydrogens is 278 g/mol. The summed E-state index contributed by atoms with van der Waals surface area (Å²) in [5.74, 6) is 0.811. The predicted octanol–water partition coefficient (Wildman–Crippen LogP) is 2.78. The molecule has 2 rings (SSSR count). The van der Waals surface area contributed by atoms with Gasteiger partial charge in [0.2, 0.25) is 5.91 Å². The van der Waals surface area contributed by atoms with Crippen LogP contribution >= 0.6 is 0 Å².